The van der Waals surface area contributed by atoms with Crippen LogP contribution in [-0.4, -0.2) is 49.6 Å². The molecule has 2 amide bonds. The van der Waals surface area contributed by atoms with E-state index in [1.807, 2.05) is 37.3 Å². The van der Waals surface area contributed by atoms with Crippen molar-refractivity contribution in [3.63, 3.8) is 0 Å². The fourth-order valence-corrected chi connectivity index (χ4v) is 2.63. The molecular weight excluding hydrogens is 268 g/mol. The number of carbonyl (C=O) groups is 2. The Morgan fingerprint density at radius 2 is 2.05 bits per heavy atom. The first-order valence-electron chi connectivity index (χ1n) is 7.21. The van der Waals surface area contributed by atoms with Crippen molar-refractivity contribution in [2.75, 3.05) is 26.8 Å². The number of nitrogens with zero attached hydrogens (tertiary/aromatic N) is 1. The van der Waals surface area contributed by atoms with E-state index in [1.165, 1.54) is 0 Å². The molecule has 1 heterocycles. The van der Waals surface area contributed by atoms with Gasteiger partial charge in [-0.05, 0) is 11.5 Å². The minimum atomic E-state index is -0.469. The normalized spacial score (nSPS) is 20.3. The molecule has 1 aromatic carbocycles. The molecule has 114 valence electrons. The number of hydrogen-bond acceptors (Lipinski definition) is 3. The van der Waals surface area contributed by atoms with Crippen LogP contribution in [0, 0.1) is 5.92 Å². The molecule has 2 unspecified atom stereocenters. The molecule has 0 aromatic heterocycles. The minimum absolute atomic E-state index is 0.0126. The Balaban J connectivity index is 2.01. The molecule has 21 heavy (non-hydrogen) atoms. The first-order chi connectivity index (χ1) is 10.1. The van der Waals surface area contributed by atoms with Crippen molar-refractivity contribution in [3.8, 4) is 0 Å². The molecule has 5 nitrogen and oxygen atoms in total. The van der Waals surface area contributed by atoms with Crippen LogP contribution in [0.25, 0.3) is 0 Å². The van der Waals surface area contributed by atoms with E-state index in [0.717, 1.165) is 5.56 Å². The van der Waals surface area contributed by atoms with Gasteiger partial charge in [-0.3, -0.25) is 9.59 Å². The van der Waals surface area contributed by atoms with Gasteiger partial charge in [0, 0.05) is 20.1 Å². The zero-order chi connectivity index (χ0) is 15.2. The van der Waals surface area contributed by atoms with Crippen LogP contribution in [0.15, 0.2) is 30.3 Å². The summed E-state index contributed by atoms with van der Waals surface area (Å²) < 4.78 is 5.09. The van der Waals surface area contributed by atoms with Crippen molar-refractivity contribution >= 4 is 11.8 Å². The van der Waals surface area contributed by atoms with E-state index < -0.39 is 6.04 Å². The van der Waals surface area contributed by atoms with E-state index in [-0.39, 0.29) is 24.3 Å². The summed E-state index contributed by atoms with van der Waals surface area (Å²) in [7, 11) is 1.64. The number of piperazine rings is 1. The summed E-state index contributed by atoms with van der Waals surface area (Å²) >= 11 is 0. The Morgan fingerprint density at radius 3 is 2.71 bits per heavy atom. The molecule has 0 bridgehead atoms. The average molecular weight is 290 g/mol. The van der Waals surface area contributed by atoms with Crippen molar-refractivity contribution < 1.29 is 14.3 Å². The molecule has 1 aromatic rings. The fraction of sp³-hybridized carbons (Fsp3) is 0.500. The third-order valence-corrected chi connectivity index (χ3v) is 3.55. The molecule has 1 N–H and O–H groups in total. The standard InChI is InChI=1S/C16H22N2O3/c1-12(11-21-2)9-18-10-15(19)17-14(16(18)20)8-13-6-4-3-5-7-13/h3-7,12,14H,8-11H2,1-2H3,(H,17,19). The highest BCUT2D eigenvalue weighted by Gasteiger charge is 2.33. The van der Waals surface area contributed by atoms with Crippen LogP contribution >= 0.6 is 0 Å². The van der Waals surface area contributed by atoms with Crippen molar-refractivity contribution in [2.45, 2.75) is 19.4 Å². The topological polar surface area (TPSA) is 58.6 Å². The molecule has 0 spiro atoms. The molecule has 0 aliphatic carbocycles. The smallest absolute Gasteiger partial charge is 0.245 e. The van der Waals surface area contributed by atoms with Gasteiger partial charge in [0.1, 0.15) is 6.04 Å². The summed E-state index contributed by atoms with van der Waals surface area (Å²) in [5, 5.41) is 2.79. The van der Waals surface area contributed by atoms with Gasteiger partial charge in [0.15, 0.2) is 0 Å². The first kappa shape index (κ1) is 15.5. The molecule has 2 atom stereocenters. The maximum Gasteiger partial charge on any atom is 0.245 e. The number of carbonyl (C=O) groups excluding carboxylic acids is 2. The van der Waals surface area contributed by atoms with Gasteiger partial charge in [-0.1, -0.05) is 37.3 Å². The summed E-state index contributed by atoms with van der Waals surface area (Å²) in [5.41, 5.74) is 1.04. The van der Waals surface area contributed by atoms with E-state index in [2.05, 4.69) is 5.32 Å². The first-order valence-corrected chi connectivity index (χ1v) is 7.21. The second-order valence-electron chi connectivity index (χ2n) is 5.59. The highest BCUT2D eigenvalue weighted by molar-refractivity contribution is 5.95. The van der Waals surface area contributed by atoms with E-state index in [4.69, 9.17) is 4.74 Å². The van der Waals surface area contributed by atoms with Crippen molar-refractivity contribution in [1.82, 2.24) is 10.2 Å². The van der Waals surface area contributed by atoms with Gasteiger partial charge in [0.2, 0.25) is 11.8 Å². The number of rotatable bonds is 6. The molecule has 1 aliphatic heterocycles. The minimum Gasteiger partial charge on any atom is -0.384 e. The Kier molecular flexibility index (Phi) is 5.33. The lowest BCUT2D eigenvalue weighted by Gasteiger charge is -2.34. The molecule has 0 radical (unpaired) electrons. The van der Waals surface area contributed by atoms with Crippen LogP contribution in [0.5, 0.6) is 0 Å². The Hall–Kier alpha value is -1.88. The predicted molar refractivity (Wildman–Crippen MR) is 79.7 cm³/mol. The molecule has 1 fully saturated rings. The Labute approximate surface area is 125 Å². The Morgan fingerprint density at radius 1 is 1.33 bits per heavy atom. The maximum atomic E-state index is 12.5. The van der Waals surface area contributed by atoms with Crippen LogP contribution in [0.4, 0.5) is 0 Å². The van der Waals surface area contributed by atoms with Crippen molar-refractivity contribution in [1.29, 1.82) is 0 Å². The molecule has 5 heteroatoms. The average Bonchev–Trinajstić information content (AvgIpc) is 2.45. The lowest BCUT2D eigenvalue weighted by Crippen LogP contribution is -2.59. The number of benzene rings is 1. The van der Waals surface area contributed by atoms with Crippen LogP contribution in [0.2, 0.25) is 0 Å². The van der Waals surface area contributed by atoms with Gasteiger partial charge in [-0.25, -0.2) is 0 Å². The quantitative estimate of drug-likeness (QED) is 0.844. The monoisotopic (exact) mass is 290 g/mol. The van der Waals surface area contributed by atoms with Crippen LogP contribution < -0.4 is 5.32 Å². The lowest BCUT2D eigenvalue weighted by molar-refractivity contribution is -0.145. The van der Waals surface area contributed by atoms with Gasteiger partial charge >= 0.3 is 0 Å². The third kappa shape index (κ3) is 4.29. The molecule has 0 saturated carbocycles. The lowest BCUT2D eigenvalue weighted by atomic mass is 10.0. The van der Waals surface area contributed by atoms with E-state index in [9.17, 15) is 9.59 Å². The van der Waals surface area contributed by atoms with Crippen molar-refractivity contribution in [2.24, 2.45) is 5.92 Å². The van der Waals surface area contributed by atoms with Crippen molar-refractivity contribution in [3.05, 3.63) is 35.9 Å². The van der Waals surface area contributed by atoms with Gasteiger partial charge in [0.25, 0.3) is 0 Å². The summed E-state index contributed by atoms with van der Waals surface area (Å²) in [4.78, 5) is 25.9. The van der Waals surface area contributed by atoms with E-state index >= 15 is 0 Å². The second-order valence-corrected chi connectivity index (χ2v) is 5.59. The predicted octanol–water partition coefficient (Wildman–Crippen LogP) is 0.839. The zero-order valence-corrected chi connectivity index (χ0v) is 12.5. The highest BCUT2D eigenvalue weighted by Crippen LogP contribution is 2.11. The van der Waals surface area contributed by atoms with Gasteiger partial charge in [-0.15, -0.1) is 0 Å². The molecular formula is C16H22N2O3. The Bertz CT molecular complexity index is 490. The number of methoxy groups -OCH3 is 1. The number of nitrogens with one attached hydrogen (secondary N) is 1. The highest BCUT2D eigenvalue weighted by atomic mass is 16.5. The van der Waals surface area contributed by atoms with Crippen LogP contribution in [0.3, 0.4) is 0 Å². The molecule has 1 aliphatic rings. The second kappa shape index (κ2) is 7.22. The van der Waals surface area contributed by atoms with Crippen LogP contribution in [-0.2, 0) is 20.7 Å². The molecule has 2 rings (SSSR count). The summed E-state index contributed by atoms with van der Waals surface area (Å²) in [6.07, 6.45) is 0.528. The van der Waals surface area contributed by atoms with E-state index in [0.29, 0.717) is 19.6 Å². The number of ether oxygens (including phenoxy) is 1. The van der Waals surface area contributed by atoms with E-state index in [1.54, 1.807) is 12.0 Å². The van der Waals surface area contributed by atoms with Gasteiger partial charge < -0.3 is 15.0 Å². The summed E-state index contributed by atoms with van der Waals surface area (Å²) in [5.74, 6) is 0.101. The fourth-order valence-electron chi connectivity index (χ4n) is 2.63. The largest absolute Gasteiger partial charge is 0.384 e. The SMILES string of the molecule is COCC(C)CN1CC(=O)NC(Cc2ccccc2)C1=O. The number of amides is 2. The summed E-state index contributed by atoms with van der Waals surface area (Å²) in [6, 6.07) is 9.26. The maximum absolute atomic E-state index is 12.5. The zero-order valence-electron chi connectivity index (χ0n) is 12.5. The number of hydrogen-bond donors (Lipinski definition) is 1. The van der Waals surface area contributed by atoms with Crippen LogP contribution in [0.1, 0.15) is 12.5 Å². The third-order valence-electron chi connectivity index (χ3n) is 3.55. The molecule has 1 saturated heterocycles. The summed E-state index contributed by atoms with van der Waals surface area (Å²) in [6.45, 7) is 3.27. The van der Waals surface area contributed by atoms with Gasteiger partial charge in [-0.2, -0.15) is 0 Å². The van der Waals surface area contributed by atoms with Gasteiger partial charge in [0.05, 0.1) is 13.2 Å².